The number of hydrogen-bond acceptors (Lipinski definition) is 5. The van der Waals surface area contributed by atoms with Gasteiger partial charge in [-0.1, -0.05) is 5.21 Å². The van der Waals surface area contributed by atoms with E-state index in [1.807, 2.05) is 28.8 Å². The van der Waals surface area contributed by atoms with Crippen molar-refractivity contribution in [1.29, 1.82) is 0 Å². The van der Waals surface area contributed by atoms with Crippen LogP contribution in [0.3, 0.4) is 0 Å². The number of hydrogen-bond donors (Lipinski definition) is 0. The second-order valence-corrected chi connectivity index (χ2v) is 5.89. The average molecular weight is 315 g/mol. The fraction of sp³-hybridized carbons (Fsp3) is 0.500. The lowest BCUT2D eigenvalue weighted by atomic mass is 9.97. The van der Waals surface area contributed by atoms with Crippen molar-refractivity contribution < 1.29 is 9.53 Å². The predicted octanol–water partition coefficient (Wildman–Crippen LogP) is 1.54. The number of nitrogens with zero attached hydrogens (tertiary/aromatic N) is 5. The summed E-state index contributed by atoms with van der Waals surface area (Å²) in [4.78, 5) is 19.0. The molecule has 1 aliphatic heterocycles. The zero-order valence-corrected chi connectivity index (χ0v) is 13.5. The van der Waals surface area contributed by atoms with Crippen molar-refractivity contribution in [2.75, 3.05) is 20.2 Å². The van der Waals surface area contributed by atoms with Gasteiger partial charge in [-0.25, -0.2) is 4.98 Å². The Morgan fingerprint density at radius 1 is 1.43 bits per heavy atom. The third-order valence-electron chi connectivity index (χ3n) is 4.15. The molecular formula is C16H21N5O2. The van der Waals surface area contributed by atoms with E-state index in [9.17, 15) is 4.79 Å². The molecule has 3 heterocycles. The van der Waals surface area contributed by atoms with Crippen molar-refractivity contribution in [1.82, 2.24) is 24.9 Å². The van der Waals surface area contributed by atoms with E-state index in [1.54, 1.807) is 19.4 Å². The maximum absolute atomic E-state index is 12.8. The van der Waals surface area contributed by atoms with Gasteiger partial charge in [0, 0.05) is 31.5 Å². The van der Waals surface area contributed by atoms with Crippen LogP contribution in [-0.2, 0) is 6.54 Å². The van der Waals surface area contributed by atoms with E-state index in [-0.39, 0.29) is 5.91 Å². The summed E-state index contributed by atoms with van der Waals surface area (Å²) in [5.74, 6) is 0.768. The summed E-state index contributed by atoms with van der Waals surface area (Å²) in [5, 5.41) is 7.84. The van der Waals surface area contributed by atoms with Crippen LogP contribution in [0.25, 0.3) is 0 Å². The van der Waals surface area contributed by atoms with Crippen LogP contribution in [0.4, 0.5) is 0 Å². The minimum atomic E-state index is -0.0161. The molecule has 23 heavy (non-hydrogen) atoms. The number of piperidine rings is 1. The summed E-state index contributed by atoms with van der Waals surface area (Å²) < 4.78 is 7.10. The minimum absolute atomic E-state index is 0.0161. The molecule has 1 unspecified atom stereocenters. The Morgan fingerprint density at radius 2 is 2.30 bits per heavy atom. The van der Waals surface area contributed by atoms with Gasteiger partial charge in [0.15, 0.2) is 0 Å². The molecule has 2 aromatic rings. The largest absolute Gasteiger partial charge is 0.480 e. The van der Waals surface area contributed by atoms with Crippen LogP contribution in [0.1, 0.15) is 28.9 Å². The van der Waals surface area contributed by atoms with Crippen LogP contribution < -0.4 is 4.74 Å². The number of amides is 1. The summed E-state index contributed by atoms with van der Waals surface area (Å²) in [5.41, 5.74) is 1.36. The molecule has 3 rings (SSSR count). The quantitative estimate of drug-likeness (QED) is 0.856. The van der Waals surface area contributed by atoms with Gasteiger partial charge in [-0.2, -0.15) is 0 Å². The molecule has 1 atom stereocenters. The van der Waals surface area contributed by atoms with Gasteiger partial charge in [0.2, 0.25) is 5.88 Å². The topological polar surface area (TPSA) is 73.1 Å². The lowest BCUT2D eigenvalue weighted by Crippen LogP contribution is -2.41. The van der Waals surface area contributed by atoms with E-state index in [0.29, 0.717) is 17.4 Å². The van der Waals surface area contributed by atoms with Crippen LogP contribution in [0, 0.1) is 12.8 Å². The zero-order chi connectivity index (χ0) is 16.2. The molecule has 0 bridgehead atoms. The van der Waals surface area contributed by atoms with Crippen LogP contribution in [0.2, 0.25) is 0 Å². The summed E-state index contributed by atoms with van der Waals surface area (Å²) in [6, 6.07) is 3.64. The van der Waals surface area contributed by atoms with E-state index in [0.717, 1.165) is 38.2 Å². The third-order valence-corrected chi connectivity index (χ3v) is 4.15. The van der Waals surface area contributed by atoms with Crippen molar-refractivity contribution in [3.63, 3.8) is 0 Å². The molecule has 122 valence electrons. The number of aromatic nitrogens is 4. The number of aryl methyl sites for hydroxylation is 1. The first-order valence-corrected chi connectivity index (χ1v) is 7.82. The van der Waals surface area contributed by atoms with E-state index in [4.69, 9.17) is 4.74 Å². The van der Waals surface area contributed by atoms with Crippen LogP contribution in [-0.4, -0.2) is 51.0 Å². The lowest BCUT2D eigenvalue weighted by molar-refractivity contribution is 0.0655. The Balaban J connectivity index is 1.72. The number of carbonyl (C=O) groups is 1. The maximum atomic E-state index is 12.8. The van der Waals surface area contributed by atoms with Gasteiger partial charge in [0.25, 0.3) is 5.91 Å². The molecule has 0 spiro atoms. The molecule has 1 fully saturated rings. The molecule has 7 nitrogen and oxygen atoms in total. The lowest BCUT2D eigenvalue weighted by Gasteiger charge is -2.32. The molecule has 1 amide bonds. The Morgan fingerprint density at radius 3 is 3.04 bits per heavy atom. The highest BCUT2D eigenvalue weighted by Crippen LogP contribution is 2.23. The molecule has 7 heteroatoms. The summed E-state index contributed by atoms with van der Waals surface area (Å²) in [7, 11) is 1.54. The second-order valence-electron chi connectivity index (χ2n) is 5.89. The first kappa shape index (κ1) is 15.5. The highest BCUT2D eigenvalue weighted by atomic mass is 16.5. The molecule has 1 aliphatic rings. The van der Waals surface area contributed by atoms with Crippen LogP contribution in [0.5, 0.6) is 5.88 Å². The summed E-state index contributed by atoms with van der Waals surface area (Å²) in [6.45, 7) is 4.15. The van der Waals surface area contributed by atoms with Crippen molar-refractivity contribution >= 4 is 5.91 Å². The first-order valence-electron chi connectivity index (χ1n) is 7.82. The zero-order valence-electron chi connectivity index (χ0n) is 13.5. The monoisotopic (exact) mass is 315 g/mol. The Kier molecular flexibility index (Phi) is 4.55. The Hall–Kier alpha value is -2.44. The highest BCUT2D eigenvalue weighted by molar-refractivity contribution is 5.96. The molecule has 0 radical (unpaired) electrons. The van der Waals surface area contributed by atoms with Crippen molar-refractivity contribution in [2.45, 2.75) is 26.3 Å². The van der Waals surface area contributed by atoms with Gasteiger partial charge in [-0.3, -0.25) is 9.48 Å². The average Bonchev–Trinajstić information content (AvgIpc) is 3.07. The number of pyridine rings is 1. The number of methoxy groups -OCH3 is 1. The van der Waals surface area contributed by atoms with Gasteiger partial charge in [0.1, 0.15) is 5.56 Å². The predicted molar refractivity (Wildman–Crippen MR) is 84.2 cm³/mol. The standard InChI is InChI=1S/C16H21N5O2/c1-12-5-6-14(15(18-12)23-2)16(22)20-8-3-4-13(10-20)11-21-9-7-17-19-21/h5-7,9,13H,3-4,8,10-11H2,1-2H3. The fourth-order valence-electron chi connectivity index (χ4n) is 3.01. The van der Waals surface area contributed by atoms with E-state index in [2.05, 4.69) is 15.3 Å². The Bertz CT molecular complexity index is 671. The maximum Gasteiger partial charge on any atom is 0.259 e. The summed E-state index contributed by atoms with van der Waals surface area (Å²) >= 11 is 0. The summed E-state index contributed by atoms with van der Waals surface area (Å²) in [6.07, 6.45) is 5.61. The van der Waals surface area contributed by atoms with Crippen LogP contribution in [0.15, 0.2) is 24.5 Å². The molecule has 2 aromatic heterocycles. The second kappa shape index (κ2) is 6.76. The van der Waals surface area contributed by atoms with Crippen molar-refractivity contribution in [3.8, 4) is 5.88 Å². The number of likely N-dealkylation sites (tertiary alicyclic amines) is 1. The number of ether oxygens (including phenoxy) is 1. The highest BCUT2D eigenvalue weighted by Gasteiger charge is 2.27. The molecule has 0 aromatic carbocycles. The Labute approximate surface area is 135 Å². The van der Waals surface area contributed by atoms with E-state index < -0.39 is 0 Å². The SMILES string of the molecule is COc1nc(C)ccc1C(=O)N1CCCC(Cn2ccnn2)C1. The number of rotatable bonds is 4. The van der Waals surface area contributed by atoms with E-state index >= 15 is 0 Å². The fourth-order valence-corrected chi connectivity index (χ4v) is 3.01. The van der Waals surface area contributed by atoms with Crippen molar-refractivity contribution in [3.05, 3.63) is 35.8 Å². The molecule has 0 N–H and O–H groups in total. The van der Waals surface area contributed by atoms with Gasteiger partial charge < -0.3 is 9.64 Å². The van der Waals surface area contributed by atoms with E-state index in [1.165, 1.54) is 0 Å². The molecule has 1 saturated heterocycles. The van der Waals surface area contributed by atoms with Gasteiger partial charge in [-0.15, -0.1) is 5.10 Å². The first-order chi connectivity index (χ1) is 11.2. The van der Waals surface area contributed by atoms with Crippen molar-refractivity contribution in [2.24, 2.45) is 5.92 Å². The molecule has 0 saturated carbocycles. The van der Waals surface area contributed by atoms with Gasteiger partial charge in [0.05, 0.1) is 13.3 Å². The molecule has 0 aliphatic carbocycles. The normalized spacial score (nSPS) is 18.0. The van der Waals surface area contributed by atoms with Gasteiger partial charge >= 0.3 is 0 Å². The number of carbonyl (C=O) groups excluding carboxylic acids is 1. The minimum Gasteiger partial charge on any atom is -0.480 e. The molecular weight excluding hydrogens is 294 g/mol. The van der Waals surface area contributed by atoms with Crippen LogP contribution >= 0.6 is 0 Å². The smallest absolute Gasteiger partial charge is 0.259 e. The van der Waals surface area contributed by atoms with Gasteiger partial charge in [-0.05, 0) is 37.8 Å². The third kappa shape index (κ3) is 3.49.